The number of hydrogen-bond donors (Lipinski definition) is 4. The van der Waals surface area contributed by atoms with E-state index in [0.717, 1.165) is 0 Å². The van der Waals surface area contributed by atoms with Crippen molar-refractivity contribution in [2.45, 2.75) is 0 Å². The fourth-order valence-corrected chi connectivity index (χ4v) is 0. The zero-order valence-corrected chi connectivity index (χ0v) is 6.96. The van der Waals surface area contributed by atoms with Crippen LogP contribution in [-0.2, 0) is 19.5 Å². The molecule has 0 aliphatic rings. The molecule has 0 spiro atoms. The van der Waals surface area contributed by atoms with Gasteiger partial charge in [0.25, 0.3) is 0 Å². The van der Waals surface area contributed by atoms with Crippen molar-refractivity contribution in [3.8, 4) is 0 Å². The maximum atomic E-state index is 7.33. The van der Waals surface area contributed by atoms with Gasteiger partial charge in [-0.15, -0.1) is 0 Å². The summed E-state index contributed by atoms with van der Waals surface area (Å²) in [6.07, 6.45) is 0. The Morgan fingerprint density at radius 2 is 0.875 bits per heavy atom. The molecule has 8 heavy (non-hydrogen) atoms. The SMILES string of the molecule is O[Si](O)(O)O.[AlH3].[CaH2].[Zn]. The molecule has 0 rings (SSSR count). The minimum Gasteiger partial charge on any atom is 0 e. The number of rotatable bonds is 0. The summed E-state index contributed by atoms with van der Waals surface area (Å²) in [6.45, 7) is 0. The van der Waals surface area contributed by atoms with Gasteiger partial charge in [0.15, 0.2) is 17.4 Å². The molecule has 0 atom stereocenters. The Kier molecular flexibility index (Phi) is 26.6. The van der Waals surface area contributed by atoms with Gasteiger partial charge in [-0.05, 0) is 0 Å². The Labute approximate surface area is 101 Å². The van der Waals surface area contributed by atoms with E-state index in [1.54, 1.807) is 0 Å². The number of hydrogen-bond acceptors (Lipinski definition) is 4. The predicted molar refractivity (Wildman–Crippen MR) is 33.1 cm³/mol. The van der Waals surface area contributed by atoms with E-state index in [9.17, 15) is 0 Å². The molecule has 0 saturated heterocycles. The van der Waals surface area contributed by atoms with Gasteiger partial charge in [-0.3, -0.25) is 0 Å². The molecule has 4 N–H and O–H groups in total. The summed E-state index contributed by atoms with van der Waals surface area (Å²) in [6, 6.07) is 0. The second kappa shape index (κ2) is 9.47. The molecule has 44 valence electrons. The van der Waals surface area contributed by atoms with Gasteiger partial charge in [-0.25, -0.2) is 0 Å². The summed E-state index contributed by atoms with van der Waals surface area (Å²) < 4.78 is 0. The topological polar surface area (TPSA) is 80.9 Å². The van der Waals surface area contributed by atoms with Gasteiger partial charge < -0.3 is 19.2 Å². The van der Waals surface area contributed by atoms with E-state index in [4.69, 9.17) is 19.2 Å². The van der Waals surface area contributed by atoms with Gasteiger partial charge in [0, 0.05) is 19.5 Å². The Hall–Kier alpha value is 2.47. The first-order chi connectivity index (χ1) is 2.00. The molecule has 4 nitrogen and oxygen atoms in total. The van der Waals surface area contributed by atoms with E-state index in [-0.39, 0.29) is 74.6 Å². The van der Waals surface area contributed by atoms with Crippen LogP contribution in [0.25, 0.3) is 0 Å². The Balaban J connectivity index is -0.0000000267. The summed E-state index contributed by atoms with van der Waals surface area (Å²) in [5, 5.41) is 0. The first kappa shape index (κ1) is 22.4. The van der Waals surface area contributed by atoms with E-state index in [0.29, 0.717) is 0 Å². The fraction of sp³-hybridized carbons (Fsp3) is 0. The zero-order chi connectivity index (χ0) is 4.50. The average molecular weight is 234 g/mol. The predicted octanol–water partition coefficient (Wildman–Crippen LogP) is -4.71. The monoisotopic (exact) mass is 232 g/mol. The molecule has 0 aromatic rings. The third-order valence-corrected chi connectivity index (χ3v) is 0. The van der Waals surface area contributed by atoms with Crippen molar-refractivity contribution in [3.05, 3.63) is 0 Å². The van der Waals surface area contributed by atoms with Gasteiger partial charge in [-0.2, -0.15) is 0 Å². The second-order valence-corrected chi connectivity index (χ2v) is 1.80. The molecule has 0 unspecified atom stereocenters. The Bertz CT molecular complexity index is 31.5. The molecule has 0 radical (unpaired) electrons. The molecule has 0 aromatic heterocycles. The van der Waals surface area contributed by atoms with E-state index >= 15 is 0 Å². The summed E-state index contributed by atoms with van der Waals surface area (Å²) in [7, 11) is -4.61. The van der Waals surface area contributed by atoms with Gasteiger partial charge in [0.1, 0.15) is 0 Å². The largest absolute Gasteiger partial charge is 0 e. The molecule has 0 aromatic carbocycles. The minimum atomic E-state index is -4.61. The Morgan fingerprint density at radius 3 is 0.875 bits per heavy atom. The maximum Gasteiger partial charge on any atom is 0 e. The van der Waals surface area contributed by atoms with Crippen molar-refractivity contribution in [1.29, 1.82) is 0 Å². The quantitative estimate of drug-likeness (QED) is 0.317. The van der Waals surface area contributed by atoms with Crippen LogP contribution in [0.15, 0.2) is 0 Å². The Morgan fingerprint density at radius 1 is 0.875 bits per heavy atom. The van der Waals surface area contributed by atoms with Crippen LogP contribution in [0.3, 0.4) is 0 Å². The molecule has 0 bridgehead atoms. The van der Waals surface area contributed by atoms with Crippen molar-refractivity contribution >= 4 is 64.1 Å². The second-order valence-electron chi connectivity index (χ2n) is 0.600. The van der Waals surface area contributed by atoms with Crippen LogP contribution >= 0.6 is 0 Å². The molecular weight excluding hydrogens is 225 g/mol. The molecule has 0 saturated carbocycles. The van der Waals surface area contributed by atoms with E-state index < -0.39 is 9.05 Å². The summed E-state index contributed by atoms with van der Waals surface area (Å²) in [4.78, 5) is 29.3. The van der Waals surface area contributed by atoms with Crippen LogP contribution in [0.2, 0.25) is 0 Å². The van der Waals surface area contributed by atoms with E-state index in [1.165, 1.54) is 0 Å². The van der Waals surface area contributed by atoms with Crippen LogP contribution in [-0.4, -0.2) is 83.3 Å². The zero-order valence-electron chi connectivity index (χ0n) is 3.00. The average Bonchev–Trinajstić information content (AvgIpc) is 0.722. The molecule has 0 heterocycles. The smallest absolute Gasteiger partial charge is 0 e. The molecule has 0 amide bonds. The first-order valence-electron chi connectivity index (χ1n) is 0.894. The third kappa shape index (κ3) is 77.4. The van der Waals surface area contributed by atoms with Crippen molar-refractivity contribution in [2.75, 3.05) is 0 Å². The van der Waals surface area contributed by atoms with Crippen LogP contribution < -0.4 is 0 Å². The fourth-order valence-electron chi connectivity index (χ4n) is 0. The van der Waals surface area contributed by atoms with Crippen molar-refractivity contribution in [1.82, 2.24) is 0 Å². The van der Waals surface area contributed by atoms with Gasteiger partial charge in [0.2, 0.25) is 0 Å². The van der Waals surface area contributed by atoms with Crippen molar-refractivity contribution in [3.63, 3.8) is 0 Å². The minimum absolute atomic E-state index is 0. The molecule has 0 fully saturated rings. The van der Waals surface area contributed by atoms with Crippen LogP contribution in [0, 0.1) is 0 Å². The molecule has 0 aliphatic carbocycles. The molecule has 0 aliphatic heterocycles. The molecular formula is H9AlCaO4SiZn. The molecule has 8 heteroatoms. The van der Waals surface area contributed by atoms with E-state index in [1.807, 2.05) is 0 Å². The summed E-state index contributed by atoms with van der Waals surface area (Å²) in [5.74, 6) is 0. The normalized spacial score (nSPS) is 7.50. The third-order valence-electron chi connectivity index (χ3n) is 0. The van der Waals surface area contributed by atoms with E-state index in [2.05, 4.69) is 0 Å². The van der Waals surface area contributed by atoms with Gasteiger partial charge in [-0.1, -0.05) is 0 Å². The summed E-state index contributed by atoms with van der Waals surface area (Å²) in [5.41, 5.74) is 0. The van der Waals surface area contributed by atoms with Crippen LogP contribution in [0.5, 0.6) is 0 Å². The maximum absolute atomic E-state index is 7.33. The van der Waals surface area contributed by atoms with Gasteiger partial charge in [0.05, 0.1) is 0 Å². The standard InChI is InChI=1S/Al.Ca.H4O4Si.Zn.5H/c;;1-5(2,3)4;;;;;;/h;;1-4H;;;;;;. The van der Waals surface area contributed by atoms with Crippen LogP contribution in [0.4, 0.5) is 0 Å². The first-order valence-corrected chi connectivity index (χ1v) is 2.68. The van der Waals surface area contributed by atoms with Gasteiger partial charge >= 0.3 is 46.8 Å². The summed E-state index contributed by atoms with van der Waals surface area (Å²) >= 11 is 0. The van der Waals surface area contributed by atoms with Crippen molar-refractivity contribution in [2.24, 2.45) is 0 Å². The van der Waals surface area contributed by atoms with Crippen molar-refractivity contribution < 1.29 is 38.7 Å². The van der Waals surface area contributed by atoms with Crippen LogP contribution in [0.1, 0.15) is 0 Å².